The van der Waals surface area contributed by atoms with Crippen molar-refractivity contribution in [3.8, 4) is 5.69 Å². The first-order chi connectivity index (χ1) is 14.1. The van der Waals surface area contributed by atoms with Gasteiger partial charge in [0, 0.05) is 43.2 Å². The average molecular weight is 389 g/mol. The number of pyridine rings is 2. The van der Waals surface area contributed by atoms with Gasteiger partial charge in [0.15, 0.2) is 5.65 Å². The molecule has 4 rings (SSSR count). The maximum absolute atomic E-state index is 13.2. The lowest BCUT2D eigenvalue weighted by molar-refractivity contribution is -0.384. The fourth-order valence-corrected chi connectivity index (χ4v) is 3.13. The topological polar surface area (TPSA) is 113 Å². The van der Waals surface area contributed by atoms with Gasteiger partial charge >= 0.3 is 5.69 Å². The van der Waals surface area contributed by atoms with E-state index in [1.807, 2.05) is 12.1 Å². The molecular formula is C20H15N5O4. The number of rotatable bonds is 5. The molecule has 0 aliphatic carbocycles. The molecule has 1 aromatic carbocycles. The lowest BCUT2D eigenvalue weighted by Gasteiger charge is -2.13. The summed E-state index contributed by atoms with van der Waals surface area (Å²) in [5, 5.41) is 11.4. The van der Waals surface area contributed by atoms with E-state index >= 15 is 0 Å². The summed E-state index contributed by atoms with van der Waals surface area (Å²) in [6.07, 6.45) is 3.49. The molecule has 0 radical (unpaired) electrons. The summed E-state index contributed by atoms with van der Waals surface area (Å²) in [4.78, 5) is 45.1. The predicted octanol–water partition coefficient (Wildman–Crippen LogP) is 2.09. The molecule has 9 heteroatoms. The largest absolute Gasteiger partial charge is 0.337 e. The maximum Gasteiger partial charge on any atom is 0.337 e. The van der Waals surface area contributed by atoms with Crippen LogP contribution in [0.3, 0.4) is 0 Å². The number of fused-ring (bicyclic) bond motifs is 1. The van der Waals surface area contributed by atoms with Crippen molar-refractivity contribution >= 4 is 16.7 Å². The van der Waals surface area contributed by atoms with Crippen molar-refractivity contribution in [3.05, 3.63) is 104 Å². The van der Waals surface area contributed by atoms with E-state index in [9.17, 15) is 19.7 Å². The summed E-state index contributed by atoms with van der Waals surface area (Å²) < 4.78 is 2.33. The molecule has 0 saturated carbocycles. The normalized spacial score (nSPS) is 10.9. The third-order valence-electron chi connectivity index (χ3n) is 4.51. The van der Waals surface area contributed by atoms with Crippen molar-refractivity contribution in [1.29, 1.82) is 0 Å². The summed E-state index contributed by atoms with van der Waals surface area (Å²) in [5.41, 5.74) is -0.0818. The first-order valence-corrected chi connectivity index (χ1v) is 8.81. The second-order valence-corrected chi connectivity index (χ2v) is 6.30. The highest BCUT2D eigenvalue weighted by Gasteiger charge is 2.17. The van der Waals surface area contributed by atoms with Gasteiger partial charge in [-0.1, -0.05) is 12.1 Å². The Morgan fingerprint density at radius 3 is 2.55 bits per heavy atom. The zero-order chi connectivity index (χ0) is 20.4. The summed E-state index contributed by atoms with van der Waals surface area (Å²) in [5.74, 6) is 0. The lowest BCUT2D eigenvalue weighted by atomic mass is 10.2. The first-order valence-electron chi connectivity index (χ1n) is 8.81. The molecule has 29 heavy (non-hydrogen) atoms. The van der Waals surface area contributed by atoms with Crippen LogP contribution in [0.2, 0.25) is 0 Å². The Morgan fingerprint density at radius 2 is 1.79 bits per heavy atom. The van der Waals surface area contributed by atoms with Gasteiger partial charge in [-0.15, -0.1) is 0 Å². The molecule has 0 amide bonds. The molecule has 0 unspecified atom stereocenters. The summed E-state index contributed by atoms with van der Waals surface area (Å²) in [7, 11) is 0. The number of aromatic nitrogens is 4. The van der Waals surface area contributed by atoms with Crippen LogP contribution in [0, 0.1) is 10.1 Å². The molecule has 0 fully saturated rings. The van der Waals surface area contributed by atoms with E-state index in [-0.39, 0.29) is 29.0 Å². The van der Waals surface area contributed by atoms with Gasteiger partial charge in [-0.25, -0.2) is 14.3 Å². The van der Waals surface area contributed by atoms with E-state index < -0.39 is 16.2 Å². The van der Waals surface area contributed by atoms with E-state index in [0.717, 1.165) is 10.3 Å². The monoisotopic (exact) mass is 389 g/mol. The fourth-order valence-electron chi connectivity index (χ4n) is 3.13. The molecule has 144 valence electrons. The zero-order valence-electron chi connectivity index (χ0n) is 15.1. The molecule has 9 nitrogen and oxygen atoms in total. The number of hydrogen-bond donors (Lipinski definition) is 0. The molecule has 0 spiro atoms. The number of non-ortho nitro benzene ring substituents is 1. The van der Waals surface area contributed by atoms with Crippen LogP contribution in [0.25, 0.3) is 16.7 Å². The first kappa shape index (κ1) is 18.2. The molecule has 3 heterocycles. The van der Waals surface area contributed by atoms with Crippen LogP contribution in [0.5, 0.6) is 0 Å². The van der Waals surface area contributed by atoms with Crippen LogP contribution >= 0.6 is 0 Å². The Bertz CT molecular complexity index is 1330. The van der Waals surface area contributed by atoms with Gasteiger partial charge in [0.25, 0.3) is 11.2 Å². The van der Waals surface area contributed by atoms with Crippen LogP contribution in [-0.4, -0.2) is 24.0 Å². The standard InChI is InChI=1S/C20H15N5O4/c26-19-17-8-4-11-22-18(17)24(15-6-3-7-16(13-15)25(28)29)20(27)23(19)12-9-14-5-1-2-10-21-14/h1-8,10-11,13H,9,12H2. The molecule has 4 aromatic rings. The average Bonchev–Trinajstić information content (AvgIpc) is 2.75. The highest BCUT2D eigenvalue weighted by molar-refractivity contribution is 5.75. The Morgan fingerprint density at radius 1 is 0.966 bits per heavy atom. The Labute approximate surface area is 163 Å². The second-order valence-electron chi connectivity index (χ2n) is 6.30. The van der Waals surface area contributed by atoms with Gasteiger partial charge in [-0.3, -0.25) is 24.5 Å². The van der Waals surface area contributed by atoms with Gasteiger partial charge < -0.3 is 0 Å². The van der Waals surface area contributed by atoms with Crippen molar-refractivity contribution < 1.29 is 4.92 Å². The second kappa shape index (κ2) is 7.47. The van der Waals surface area contributed by atoms with E-state index in [4.69, 9.17) is 0 Å². The molecule has 0 N–H and O–H groups in total. The number of nitrogens with zero attached hydrogens (tertiary/aromatic N) is 5. The Balaban J connectivity index is 1.92. The van der Waals surface area contributed by atoms with Crippen LogP contribution < -0.4 is 11.2 Å². The summed E-state index contributed by atoms with van der Waals surface area (Å²) in [6, 6.07) is 14.3. The molecule has 0 aliphatic heterocycles. The zero-order valence-corrected chi connectivity index (χ0v) is 15.1. The minimum atomic E-state index is -0.613. The minimum Gasteiger partial charge on any atom is -0.268 e. The lowest BCUT2D eigenvalue weighted by Crippen LogP contribution is -2.40. The van der Waals surface area contributed by atoms with Crippen molar-refractivity contribution in [2.45, 2.75) is 13.0 Å². The number of nitro groups is 1. The SMILES string of the molecule is O=c1c2cccnc2n(-c2cccc([N+](=O)[O-])c2)c(=O)n1CCc1ccccn1. The van der Waals surface area contributed by atoms with Gasteiger partial charge in [-0.05, 0) is 30.3 Å². The summed E-state index contributed by atoms with van der Waals surface area (Å²) in [6.45, 7) is 0.119. The van der Waals surface area contributed by atoms with Gasteiger partial charge in [0.2, 0.25) is 0 Å². The van der Waals surface area contributed by atoms with Gasteiger partial charge in [0.05, 0.1) is 16.0 Å². The Hall–Kier alpha value is -4.14. The highest BCUT2D eigenvalue weighted by Crippen LogP contribution is 2.18. The van der Waals surface area contributed by atoms with Crippen LogP contribution in [0.1, 0.15) is 5.69 Å². The fraction of sp³-hybridized carbons (Fsp3) is 0.100. The third-order valence-corrected chi connectivity index (χ3v) is 4.51. The molecule has 0 bridgehead atoms. The number of aryl methyl sites for hydroxylation is 1. The maximum atomic E-state index is 13.2. The smallest absolute Gasteiger partial charge is 0.268 e. The van der Waals surface area contributed by atoms with Gasteiger partial charge in [0.1, 0.15) is 0 Å². The van der Waals surface area contributed by atoms with E-state index in [1.165, 1.54) is 29.0 Å². The van der Waals surface area contributed by atoms with Crippen LogP contribution in [-0.2, 0) is 13.0 Å². The molecular weight excluding hydrogens is 374 g/mol. The van der Waals surface area contributed by atoms with Crippen molar-refractivity contribution in [1.82, 2.24) is 19.1 Å². The van der Waals surface area contributed by atoms with E-state index in [0.29, 0.717) is 6.42 Å². The number of benzene rings is 1. The Kier molecular flexibility index (Phi) is 4.70. The highest BCUT2D eigenvalue weighted by atomic mass is 16.6. The summed E-state index contributed by atoms with van der Waals surface area (Å²) >= 11 is 0. The minimum absolute atomic E-state index is 0.119. The third kappa shape index (κ3) is 3.41. The predicted molar refractivity (Wildman–Crippen MR) is 106 cm³/mol. The molecule has 0 aliphatic rings. The molecule has 3 aromatic heterocycles. The van der Waals surface area contributed by atoms with Crippen molar-refractivity contribution in [2.24, 2.45) is 0 Å². The van der Waals surface area contributed by atoms with E-state index in [2.05, 4.69) is 9.97 Å². The van der Waals surface area contributed by atoms with Crippen LogP contribution in [0.4, 0.5) is 5.69 Å². The van der Waals surface area contributed by atoms with Crippen molar-refractivity contribution in [3.63, 3.8) is 0 Å². The number of nitro benzene ring substituents is 1. The van der Waals surface area contributed by atoms with E-state index in [1.54, 1.807) is 30.5 Å². The van der Waals surface area contributed by atoms with Gasteiger partial charge in [-0.2, -0.15) is 0 Å². The number of hydrogen-bond acceptors (Lipinski definition) is 6. The van der Waals surface area contributed by atoms with Crippen LogP contribution in [0.15, 0.2) is 76.6 Å². The molecule has 0 atom stereocenters. The quantitative estimate of drug-likeness (QED) is 0.381. The molecule has 0 saturated heterocycles. The van der Waals surface area contributed by atoms with Crippen molar-refractivity contribution in [2.75, 3.05) is 0 Å².